The lowest BCUT2D eigenvalue weighted by molar-refractivity contribution is 0.165. The maximum absolute atomic E-state index is 12.5. The molecule has 3 rings (SSSR count). The second-order valence-electron chi connectivity index (χ2n) is 6.28. The third-order valence-corrected chi connectivity index (χ3v) is 5.95. The molecule has 0 bridgehead atoms. The molecule has 0 radical (unpaired) electrons. The fraction of sp³-hybridized carbons (Fsp3) is 0.625. The van der Waals surface area contributed by atoms with Crippen LogP contribution in [0.25, 0.3) is 0 Å². The Morgan fingerprint density at radius 3 is 2.45 bits per heavy atom. The van der Waals surface area contributed by atoms with Crippen molar-refractivity contribution >= 4 is 9.84 Å². The molecule has 1 saturated carbocycles. The van der Waals surface area contributed by atoms with Crippen molar-refractivity contribution in [2.45, 2.75) is 42.4 Å². The molecule has 1 aliphatic heterocycles. The first kappa shape index (κ1) is 15.6. The molecule has 122 valence electrons. The van der Waals surface area contributed by atoms with E-state index in [1.54, 1.807) is 0 Å². The molecule has 0 saturated heterocycles. The molecule has 1 aromatic carbocycles. The summed E-state index contributed by atoms with van der Waals surface area (Å²) >= 11 is 0. The van der Waals surface area contributed by atoms with Crippen LogP contribution in [0.3, 0.4) is 0 Å². The number of hydrogen-bond acceptors (Lipinski definition) is 5. The Morgan fingerprint density at radius 1 is 1.14 bits per heavy atom. The van der Waals surface area contributed by atoms with Gasteiger partial charge in [-0.1, -0.05) is 25.3 Å². The first-order valence-corrected chi connectivity index (χ1v) is 9.70. The van der Waals surface area contributed by atoms with Gasteiger partial charge in [0.1, 0.15) is 18.1 Å². The summed E-state index contributed by atoms with van der Waals surface area (Å²) in [5.41, 5.74) is 6.63. The van der Waals surface area contributed by atoms with Crippen molar-refractivity contribution in [2.75, 3.05) is 26.0 Å². The van der Waals surface area contributed by atoms with Gasteiger partial charge in [0.25, 0.3) is 0 Å². The summed E-state index contributed by atoms with van der Waals surface area (Å²) < 4.78 is 36.1. The second kappa shape index (κ2) is 5.74. The van der Waals surface area contributed by atoms with Gasteiger partial charge >= 0.3 is 0 Å². The van der Waals surface area contributed by atoms with E-state index in [4.69, 9.17) is 15.2 Å². The van der Waals surface area contributed by atoms with E-state index in [9.17, 15) is 8.42 Å². The Kier molecular flexibility index (Phi) is 4.07. The summed E-state index contributed by atoms with van der Waals surface area (Å²) in [6.45, 7) is 1.27. The lowest BCUT2D eigenvalue weighted by atomic mass is 9.69. The minimum Gasteiger partial charge on any atom is -0.486 e. The summed E-state index contributed by atoms with van der Waals surface area (Å²) in [6.07, 6.45) is 6.42. The van der Waals surface area contributed by atoms with Gasteiger partial charge in [-0.2, -0.15) is 0 Å². The molecule has 1 aromatic rings. The van der Waals surface area contributed by atoms with Crippen molar-refractivity contribution in [1.29, 1.82) is 0 Å². The predicted octanol–water partition coefficient (Wildman–Crippen LogP) is 2.02. The number of sulfone groups is 1. The molecule has 5 nitrogen and oxygen atoms in total. The van der Waals surface area contributed by atoms with Gasteiger partial charge in [-0.3, -0.25) is 0 Å². The number of fused-ring (bicyclic) bond motifs is 1. The van der Waals surface area contributed by atoms with Crippen LogP contribution in [0.1, 0.15) is 37.7 Å². The molecular formula is C16H23NO4S. The van der Waals surface area contributed by atoms with Gasteiger partial charge in [0.2, 0.25) is 0 Å². The number of rotatable bonds is 3. The molecule has 0 amide bonds. The lowest BCUT2D eigenvalue weighted by Gasteiger charge is -2.38. The Balaban J connectivity index is 2.23. The molecule has 0 atom stereocenters. The smallest absolute Gasteiger partial charge is 0.180 e. The van der Waals surface area contributed by atoms with E-state index >= 15 is 0 Å². The fourth-order valence-electron chi connectivity index (χ4n) is 3.69. The molecule has 0 unspecified atom stereocenters. The SMILES string of the molecule is CS(=O)(=O)c1c(C2(CN)CCCCC2)ccc2c1OCCO2. The molecule has 1 fully saturated rings. The van der Waals surface area contributed by atoms with Crippen LogP contribution < -0.4 is 15.2 Å². The molecule has 22 heavy (non-hydrogen) atoms. The van der Waals surface area contributed by atoms with E-state index < -0.39 is 9.84 Å². The van der Waals surface area contributed by atoms with Crippen LogP contribution in [0.2, 0.25) is 0 Å². The van der Waals surface area contributed by atoms with Crippen molar-refractivity contribution in [3.05, 3.63) is 17.7 Å². The fourth-order valence-corrected chi connectivity index (χ4v) is 4.87. The molecule has 6 heteroatoms. The standard InChI is InChI=1S/C16H23NO4S/c1-22(18,19)15-12(16(11-17)7-3-2-4-8-16)5-6-13-14(15)21-10-9-20-13/h5-6H,2-4,7-11,17H2,1H3. The van der Waals surface area contributed by atoms with Crippen LogP contribution >= 0.6 is 0 Å². The van der Waals surface area contributed by atoms with Crippen LogP contribution in [0.15, 0.2) is 17.0 Å². The first-order chi connectivity index (χ1) is 10.5. The highest BCUT2D eigenvalue weighted by atomic mass is 32.2. The maximum Gasteiger partial charge on any atom is 0.180 e. The maximum atomic E-state index is 12.5. The zero-order valence-electron chi connectivity index (χ0n) is 12.9. The summed E-state index contributed by atoms with van der Waals surface area (Å²) in [4.78, 5) is 0.275. The topological polar surface area (TPSA) is 78.6 Å². The lowest BCUT2D eigenvalue weighted by Crippen LogP contribution is -2.38. The number of ether oxygens (including phenoxy) is 2. The van der Waals surface area contributed by atoms with Crippen molar-refractivity contribution in [1.82, 2.24) is 0 Å². The van der Waals surface area contributed by atoms with E-state index in [0.717, 1.165) is 31.2 Å². The molecule has 0 aromatic heterocycles. The van der Waals surface area contributed by atoms with Crippen LogP contribution in [-0.2, 0) is 15.3 Å². The molecule has 0 spiro atoms. The average molecular weight is 325 g/mol. The molecule has 2 N–H and O–H groups in total. The highest BCUT2D eigenvalue weighted by Gasteiger charge is 2.39. The van der Waals surface area contributed by atoms with E-state index in [0.29, 0.717) is 31.3 Å². The first-order valence-electron chi connectivity index (χ1n) is 7.81. The minimum absolute atomic E-state index is 0.271. The molecule has 2 aliphatic rings. The second-order valence-corrected chi connectivity index (χ2v) is 8.24. The van der Waals surface area contributed by atoms with Crippen LogP contribution in [0.4, 0.5) is 0 Å². The van der Waals surface area contributed by atoms with Crippen LogP contribution in [0.5, 0.6) is 11.5 Å². The Bertz CT molecular complexity index is 663. The van der Waals surface area contributed by atoms with E-state index in [1.165, 1.54) is 12.7 Å². The molecule has 1 aliphatic carbocycles. The van der Waals surface area contributed by atoms with Crippen molar-refractivity contribution < 1.29 is 17.9 Å². The summed E-state index contributed by atoms with van der Waals surface area (Å²) in [5, 5.41) is 0. The van der Waals surface area contributed by atoms with Crippen LogP contribution in [-0.4, -0.2) is 34.4 Å². The third kappa shape index (κ3) is 2.58. The summed E-state index contributed by atoms with van der Waals surface area (Å²) in [7, 11) is -3.43. The average Bonchev–Trinajstić information content (AvgIpc) is 2.53. The van der Waals surface area contributed by atoms with Gasteiger partial charge in [-0.05, 0) is 24.5 Å². The van der Waals surface area contributed by atoms with Gasteiger partial charge < -0.3 is 15.2 Å². The quantitative estimate of drug-likeness (QED) is 0.920. The monoisotopic (exact) mass is 325 g/mol. The number of nitrogens with two attached hydrogens (primary N) is 1. The van der Waals surface area contributed by atoms with Gasteiger partial charge in [0.15, 0.2) is 21.3 Å². The van der Waals surface area contributed by atoms with Crippen LogP contribution in [0, 0.1) is 0 Å². The zero-order chi connectivity index (χ0) is 15.8. The van der Waals surface area contributed by atoms with Crippen molar-refractivity contribution in [2.24, 2.45) is 5.73 Å². The van der Waals surface area contributed by atoms with Gasteiger partial charge in [0, 0.05) is 18.2 Å². The van der Waals surface area contributed by atoms with Crippen molar-refractivity contribution in [3.63, 3.8) is 0 Å². The van der Waals surface area contributed by atoms with E-state index in [2.05, 4.69) is 0 Å². The Labute approximate surface area is 131 Å². The highest BCUT2D eigenvalue weighted by molar-refractivity contribution is 7.90. The predicted molar refractivity (Wildman–Crippen MR) is 84.4 cm³/mol. The normalized spacial score (nSPS) is 20.6. The molecule has 1 heterocycles. The zero-order valence-corrected chi connectivity index (χ0v) is 13.7. The third-order valence-electron chi connectivity index (χ3n) is 4.81. The van der Waals surface area contributed by atoms with E-state index in [1.807, 2.05) is 12.1 Å². The van der Waals surface area contributed by atoms with E-state index in [-0.39, 0.29) is 10.3 Å². The Hall–Kier alpha value is -1.27. The number of hydrogen-bond donors (Lipinski definition) is 1. The summed E-state index contributed by atoms with van der Waals surface area (Å²) in [5.74, 6) is 0.878. The molecular weight excluding hydrogens is 302 g/mol. The Morgan fingerprint density at radius 2 is 1.82 bits per heavy atom. The highest BCUT2D eigenvalue weighted by Crippen LogP contribution is 2.47. The largest absolute Gasteiger partial charge is 0.486 e. The number of benzene rings is 1. The summed E-state index contributed by atoms with van der Waals surface area (Å²) in [6, 6.07) is 3.70. The van der Waals surface area contributed by atoms with Gasteiger partial charge in [-0.25, -0.2) is 8.42 Å². The van der Waals surface area contributed by atoms with Gasteiger partial charge in [0.05, 0.1) is 0 Å². The van der Waals surface area contributed by atoms with Gasteiger partial charge in [-0.15, -0.1) is 0 Å². The van der Waals surface area contributed by atoms with Crippen molar-refractivity contribution in [3.8, 4) is 11.5 Å². The minimum atomic E-state index is -3.43.